The van der Waals surface area contributed by atoms with Crippen molar-refractivity contribution in [1.82, 2.24) is 0 Å². The topological polar surface area (TPSA) is 277 Å². The van der Waals surface area contributed by atoms with Crippen LogP contribution in [0.4, 0.5) is 0 Å². The van der Waals surface area contributed by atoms with E-state index in [0.29, 0.717) is 0 Å². The van der Waals surface area contributed by atoms with E-state index in [9.17, 15) is 61.0 Å². The summed E-state index contributed by atoms with van der Waals surface area (Å²) < 4.78 is 20.4. The number of rotatable bonds is 11. The van der Waals surface area contributed by atoms with Crippen LogP contribution in [0.2, 0.25) is 0 Å². The van der Waals surface area contributed by atoms with Gasteiger partial charge in [0.25, 0.3) is 0 Å². The molecule has 2 saturated heterocycles. The first-order chi connectivity index (χ1) is 16.0. The molecule has 34 heavy (non-hydrogen) atoms. The summed E-state index contributed by atoms with van der Waals surface area (Å²) in [6.07, 6.45) is -25.2. The van der Waals surface area contributed by atoms with Crippen LogP contribution in [0.15, 0.2) is 0 Å². The molecule has 2 heterocycles. The maximum absolute atomic E-state index is 11.1. The molecule has 16 nitrogen and oxygen atoms in total. The summed E-state index contributed by atoms with van der Waals surface area (Å²) in [6, 6.07) is 0. The lowest BCUT2D eigenvalue weighted by molar-refractivity contribution is -0.327. The summed E-state index contributed by atoms with van der Waals surface area (Å²) in [4.78, 5) is 11.1. The Morgan fingerprint density at radius 2 is 1.21 bits per heavy atom. The van der Waals surface area contributed by atoms with Crippen molar-refractivity contribution in [3.63, 3.8) is 0 Å². The fraction of sp³-hybridized carbons (Fsp3) is 0.944. The van der Waals surface area contributed by atoms with Crippen molar-refractivity contribution in [1.29, 1.82) is 0 Å². The Bertz CT molecular complexity index is 621. The minimum Gasteiger partial charge on any atom is -0.394 e. The summed E-state index contributed by atoms with van der Waals surface area (Å²) in [6.45, 7) is -2.38. The van der Waals surface area contributed by atoms with Crippen LogP contribution in [0.25, 0.3) is 0 Å². The van der Waals surface area contributed by atoms with Crippen LogP contribution in [0.1, 0.15) is 0 Å². The van der Waals surface area contributed by atoms with Crippen molar-refractivity contribution < 1.29 is 79.9 Å². The quantitative estimate of drug-likeness (QED) is 0.117. The van der Waals surface area contributed by atoms with Gasteiger partial charge in [0, 0.05) is 0 Å². The third-order valence-electron chi connectivity index (χ3n) is 5.63. The van der Waals surface area contributed by atoms with Crippen molar-refractivity contribution in [2.24, 2.45) is 0 Å². The van der Waals surface area contributed by atoms with Gasteiger partial charge in [-0.25, -0.2) is 0 Å². The molecule has 0 aromatic heterocycles. The number of hydrogen-bond acceptors (Lipinski definition) is 16. The van der Waals surface area contributed by atoms with E-state index >= 15 is 0 Å². The van der Waals surface area contributed by atoms with Crippen LogP contribution in [-0.2, 0) is 23.7 Å². The normalized spacial score (nSPS) is 42.6. The minimum atomic E-state index is -2.11. The van der Waals surface area contributed by atoms with Crippen molar-refractivity contribution >= 4 is 6.29 Å². The molecule has 2 aliphatic heterocycles. The summed E-state index contributed by atoms with van der Waals surface area (Å²) in [7, 11) is 0. The van der Waals surface area contributed by atoms with E-state index in [2.05, 4.69) is 0 Å². The molecule has 0 radical (unpaired) electrons. The smallest absolute Gasteiger partial charge is 0.187 e. The van der Waals surface area contributed by atoms with E-state index in [-0.39, 0.29) is 6.29 Å². The van der Waals surface area contributed by atoms with E-state index < -0.39 is 106 Å². The Balaban J connectivity index is 2.05. The number of aliphatic hydroxyl groups is 11. The fourth-order valence-corrected chi connectivity index (χ4v) is 3.49. The van der Waals surface area contributed by atoms with Gasteiger partial charge in [0.15, 0.2) is 18.9 Å². The molecule has 2 aliphatic rings. The monoisotopic (exact) mass is 504 g/mol. The van der Waals surface area contributed by atoms with Crippen LogP contribution in [-0.4, -0.2) is 168 Å². The molecule has 16 heteroatoms. The van der Waals surface area contributed by atoms with Gasteiger partial charge in [0.2, 0.25) is 0 Å². The number of aldehydes is 1. The zero-order chi connectivity index (χ0) is 25.7. The molecule has 0 spiro atoms. The van der Waals surface area contributed by atoms with Crippen molar-refractivity contribution in [2.75, 3.05) is 19.8 Å². The molecule has 2 fully saturated rings. The lowest BCUT2D eigenvalue weighted by Crippen LogP contribution is -2.61. The van der Waals surface area contributed by atoms with E-state index in [4.69, 9.17) is 18.9 Å². The molecule has 0 amide bonds. The Labute approximate surface area is 192 Å². The van der Waals surface area contributed by atoms with Crippen molar-refractivity contribution in [2.45, 2.75) is 85.8 Å². The SMILES string of the molecule is O=C[C@@H](O)[C@@H](O[C@H]1O[C@H](CO)[C@@H](O)[C@H](O)[C@@H]1O)[C@H](O)[C@H](O)CO[C@H]1O[C@H](CO)[C@@H](O)[C@H](O)[C@@H]1O. The molecule has 14 atom stereocenters. The molecule has 0 bridgehead atoms. The van der Waals surface area contributed by atoms with Gasteiger partial charge in [-0.2, -0.15) is 0 Å². The lowest BCUT2D eigenvalue weighted by Gasteiger charge is -2.42. The standard InChI is InChI=1S/C18H32O16/c19-1-5(22)16(34-18-15(30)13(28)11(26)8(3-21)33-18)9(24)6(23)4-31-17-14(29)12(27)10(25)7(2-20)32-17/h1,5-18,20-30H,2-4H2/t5-,6-,7-,8-,9-,10-,11-,12+,13+,14+,15+,16-,17+,18-/m1/s1. The number of carbonyl (C=O) groups is 1. The summed E-state index contributed by atoms with van der Waals surface area (Å²) >= 11 is 0. The van der Waals surface area contributed by atoms with E-state index in [1.165, 1.54) is 0 Å². The second-order valence-electron chi connectivity index (χ2n) is 8.01. The lowest BCUT2D eigenvalue weighted by atomic mass is 9.98. The zero-order valence-corrected chi connectivity index (χ0v) is 17.7. The van der Waals surface area contributed by atoms with Crippen LogP contribution < -0.4 is 0 Å². The molecule has 11 N–H and O–H groups in total. The molecule has 0 aromatic carbocycles. The van der Waals surface area contributed by atoms with Crippen LogP contribution in [0.5, 0.6) is 0 Å². The van der Waals surface area contributed by atoms with Crippen molar-refractivity contribution in [3.05, 3.63) is 0 Å². The van der Waals surface area contributed by atoms with E-state index in [1.807, 2.05) is 0 Å². The highest BCUT2D eigenvalue weighted by atomic mass is 16.7. The Kier molecular flexibility index (Phi) is 11.1. The first-order valence-corrected chi connectivity index (χ1v) is 10.4. The number of aliphatic hydroxyl groups excluding tert-OH is 11. The molecule has 0 aliphatic carbocycles. The van der Waals surface area contributed by atoms with Gasteiger partial charge in [-0.15, -0.1) is 0 Å². The second kappa shape index (κ2) is 12.9. The predicted octanol–water partition coefficient (Wildman–Crippen LogP) is -7.73. The Hall–Kier alpha value is -0.930. The number of carbonyl (C=O) groups excluding carboxylic acids is 1. The molecule has 0 aromatic rings. The summed E-state index contributed by atoms with van der Waals surface area (Å²) in [5.41, 5.74) is 0. The van der Waals surface area contributed by atoms with Crippen LogP contribution >= 0.6 is 0 Å². The van der Waals surface area contributed by atoms with Gasteiger partial charge in [-0.05, 0) is 0 Å². The molecular weight excluding hydrogens is 472 g/mol. The minimum absolute atomic E-state index is 0.0664. The maximum atomic E-state index is 11.1. The largest absolute Gasteiger partial charge is 0.394 e. The van der Waals surface area contributed by atoms with Gasteiger partial charge in [0.1, 0.15) is 73.2 Å². The maximum Gasteiger partial charge on any atom is 0.187 e. The van der Waals surface area contributed by atoms with Gasteiger partial charge in [0.05, 0.1) is 19.8 Å². The third-order valence-corrected chi connectivity index (χ3v) is 5.63. The zero-order valence-electron chi connectivity index (χ0n) is 17.7. The van der Waals surface area contributed by atoms with Gasteiger partial charge in [-0.1, -0.05) is 0 Å². The first-order valence-electron chi connectivity index (χ1n) is 10.4. The highest BCUT2D eigenvalue weighted by Crippen LogP contribution is 2.26. The third kappa shape index (κ3) is 6.44. The molecular formula is C18H32O16. The summed E-state index contributed by atoms with van der Waals surface area (Å²) in [5.74, 6) is 0. The second-order valence-corrected chi connectivity index (χ2v) is 8.01. The van der Waals surface area contributed by atoms with Crippen LogP contribution in [0, 0.1) is 0 Å². The first kappa shape index (κ1) is 29.3. The fourth-order valence-electron chi connectivity index (χ4n) is 3.49. The van der Waals surface area contributed by atoms with E-state index in [0.717, 1.165) is 0 Å². The highest BCUT2D eigenvalue weighted by Gasteiger charge is 2.48. The molecule has 0 saturated carbocycles. The van der Waals surface area contributed by atoms with Crippen molar-refractivity contribution in [3.8, 4) is 0 Å². The number of hydrogen-bond donors (Lipinski definition) is 11. The van der Waals surface area contributed by atoms with Gasteiger partial charge >= 0.3 is 0 Å². The Morgan fingerprint density at radius 1 is 0.735 bits per heavy atom. The average molecular weight is 504 g/mol. The highest BCUT2D eigenvalue weighted by molar-refractivity contribution is 5.56. The number of ether oxygens (including phenoxy) is 4. The van der Waals surface area contributed by atoms with Gasteiger partial charge < -0.3 is 79.9 Å². The molecule has 2 rings (SSSR count). The molecule has 0 unspecified atom stereocenters. The Morgan fingerprint density at radius 3 is 1.68 bits per heavy atom. The van der Waals surface area contributed by atoms with Gasteiger partial charge in [-0.3, -0.25) is 0 Å². The summed E-state index contributed by atoms with van der Waals surface area (Å²) in [5, 5.41) is 108. The predicted molar refractivity (Wildman–Crippen MR) is 102 cm³/mol. The van der Waals surface area contributed by atoms with Crippen LogP contribution in [0.3, 0.4) is 0 Å². The average Bonchev–Trinajstić information content (AvgIpc) is 2.84. The molecule has 200 valence electrons. The van der Waals surface area contributed by atoms with E-state index in [1.54, 1.807) is 0 Å².